The van der Waals surface area contributed by atoms with Crippen molar-refractivity contribution >= 4 is 18.0 Å². The quantitative estimate of drug-likeness (QED) is 0.234. The molecular weight excluding hydrogens is 336 g/mol. The Kier molecular flexibility index (Phi) is 5.31. The van der Waals surface area contributed by atoms with Crippen molar-refractivity contribution in [2.24, 2.45) is 0 Å². The molecule has 1 aromatic rings. The number of benzene rings is 1. The Morgan fingerprint density at radius 2 is 1.84 bits per heavy atom. The highest BCUT2D eigenvalue weighted by atomic mass is 16.6. The predicted octanol–water partition coefficient (Wildman–Crippen LogP) is -0.646. The molecule has 9 nitrogen and oxygen atoms in total. The molecule has 0 aliphatic heterocycles. The summed E-state index contributed by atoms with van der Waals surface area (Å²) in [5, 5.41) is 57.0. The van der Waals surface area contributed by atoms with E-state index in [4.69, 9.17) is 9.84 Å². The smallest absolute Gasteiger partial charge is 0.335 e. The van der Waals surface area contributed by atoms with Crippen LogP contribution in [0, 0.1) is 0 Å². The number of rotatable bonds is 4. The van der Waals surface area contributed by atoms with Crippen molar-refractivity contribution in [1.29, 1.82) is 0 Å². The second kappa shape index (κ2) is 7.09. The number of aromatic hydroxyl groups is 2. The van der Waals surface area contributed by atoms with Gasteiger partial charge in [0, 0.05) is 18.9 Å². The maximum atomic E-state index is 11.8. The topological polar surface area (TPSA) is 165 Å². The second-order valence-electron chi connectivity index (χ2n) is 5.86. The molecule has 1 aliphatic rings. The van der Waals surface area contributed by atoms with Gasteiger partial charge in [0.15, 0.2) is 17.1 Å². The lowest BCUT2D eigenvalue weighted by Gasteiger charge is -2.39. The SMILES string of the molecule is O=C(C=Cc1ccc(O)c(O)c1)O[C@H]1C[C@](O)(C(=O)O)C[C@@H](O)[C@H]1O. The van der Waals surface area contributed by atoms with Gasteiger partial charge in [-0.3, -0.25) is 0 Å². The fraction of sp³-hybridized carbons (Fsp3) is 0.375. The number of aliphatic hydroxyl groups excluding tert-OH is 2. The molecule has 1 aliphatic carbocycles. The summed E-state index contributed by atoms with van der Waals surface area (Å²) in [6.07, 6.45) is -3.44. The maximum Gasteiger partial charge on any atom is 0.335 e. The van der Waals surface area contributed by atoms with E-state index in [2.05, 4.69) is 0 Å². The molecule has 0 aromatic heterocycles. The number of esters is 1. The number of hydrogen-bond donors (Lipinski definition) is 6. The van der Waals surface area contributed by atoms with Crippen molar-refractivity contribution in [3.63, 3.8) is 0 Å². The van der Waals surface area contributed by atoms with E-state index in [1.807, 2.05) is 0 Å². The maximum absolute atomic E-state index is 11.8. The highest BCUT2D eigenvalue weighted by molar-refractivity contribution is 5.87. The lowest BCUT2D eigenvalue weighted by atomic mass is 9.79. The third-order valence-corrected chi connectivity index (χ3v) is 3.94. The minimum atomic E-state index is -2.31. The van der Waals surface area contributed by atoms with Gasteiger partial charge in [-0.15, -0.1) is 0 Å². The number of carboxylic acid groups (broad SMARTS) is 1. The number of aliphatic hydroxyl groups is 3. The molecule has 0 spiro atoms. The van der Waals surface area contributed by atoms with Gasteiger partial charge in [0.1, 0.15) is 12.2 Å². The van der Waals surface area contributed by atoms with E-state index >= 15 is 0 Å². The van der Waals surface area contributed by atoms with Crippen LogP contribution in [0.1, 0.15) is 18.4 Å². The van der Waals surface area contributed by atoms with E-state index in [1.54, 1.807) is 0 Å². The van der Waals surface area contributed by atoms with Gasteiger partial charge in [-0.25, -0.2) is 9.59 Å². The van der Waals surface area contributed by atoms with Crippen molar-refractivity contribution in [3.8, 4) is 11.5 Å². The standard InChI is InChI=1S/C16H18O9/c17-9-3-1-8(5-10(9)18)2-4-13(20)25-12-7-16(24,15(22)23)6-11(19)14(12)21/h1-5,11-12,14,17-19,21,24H,6-7H2,(H,22,23)/t11-,12+,14-,16+/m1/s1. The summed E-state index contributed by atoms with van der Waals surface area (Å²) in [5.74, 6) is -3.24. The van der Waals surface area contributed by atoms with Gasteiger partial charge in [-0.2, -0.15) is 0 Å². The van der Waals surface area contributed by atoms with Crippen molar-refractivity contribution in [2.75, 3.05) is 0 Å². The fourth-order valence-electron chi connectivity index (χ4n) is 2.53. The summed E-state index contributed by atoms with van der Waals surface area (Å²) in [6, 6.07) is 3.83. The lowest BCUT2D eigenvalue weighted by Crippen LogP contribution is -2.57. The number of phenols is 2. The Balaban J connectivity index is 2.06. The number of aliphatic carboxylic acids is 1. The Morgan fingerprint density at radius 1 is 1.16 bits per heavy atom. The summed E-state index contributed by atoms with van der Waals surface area (Å²) >= 11 is 0. The summed E-state index contributed by atoms with van der Waals surface area (Å²) in [6.45, 7) is 0. The van der Waals surface area contributed by atoms with Gasteiger partial charge < -0.3 is 35.4 Å². The summed E-state index contributed by atoms with van der Waals surface area (Å²) < 4.78 is 4.92. The number of ether oxygens (including phenoxy) is 1. The van der Waals surface area contributed by atoms with E-state index in [9.17, 15) is 35.1 Å². The van der Waals surface area contributed by atoms with Crippen LogP contribution in [0.25, 0.3) is 6.08 Å². The van der Waals surface area contributed by atoms with Crippen LogP contribution in [0.15, 0.2) is 24.3 Å². The Morgan fingerprint density at radius 3 is 2.44 bits per heavy atom. The molecule has 1 aromatic carbocycles. The molecule has 0 heterocycles. The summed E-state index contributed by atoms with van der Waals surface area (Å²) in [4.78, 5) is 22.9. The van der Waals surface area contributed by atoms with Crippen LogP contribution in [-0.2, 0) is 14.3 Å². The molecule has 136 valence electrons. The van der Waals surface area contributed by atoms with Gasteiger partial charge in [0.25, 0.3) is 0 Å². The Hall–Kier alpha value is -2.62. The molecule has 0 bridgehead atoms. The van der Waals surface area contributed by atoms with Crippen LogP contribution in [0.3, 0.4) is 0 Å². The van der Waals surface area contributed by atoms with Crippen molar-refractivity contribution < 1.29 is 45.0 Å². The van der Waals surface area contributed by atoms with Gasteiger partial charge in [-0.1, -0.05) is 6.07 Å². The summed E-state index contributed by atoms with van der Waals surface area (Å²) in [7, 11) is 0. The number of carbonyl (C=O) groups is 2. The van der Waals surface area contributed by atoms with Crippen molar-refractivity contribution in [3.05, 3.63) is 29.8 Å². The highest BCUT2D eigenvalue weighted by Crippen LogP contribution is 2.31. The molecule has 0 radical (unpaired) electrons. The minimum absolute atomic E-state index is 0.327. The predicted molar refractivity (Wildman–Crippen MR) is 82.5 cm³/mol. The van der Waals surface area contributed by atoms with Gasteiger partial charge >= 0.3 is 11.9 Å². The van der Waals surface area contributed by atoms with Gasteiger partial charge in [0.2, 0.25) is 0 Å². The molecular formula is C16H18O9. The molecule has 6 N–H and O–H groups in total. The summed E-state index contributed by atoms with van der Waals surface area (Å²) in [5.41, 5.74) is -1.94. The number of carbonyl (C=O) groups excluding carboxylic acids is 1. The van der Waals surface area contributed by atoms with Crippen LogP contribution < -0.4 is 0 Å². The first kappa shape index (κ1) is 18.7. The van der Waals surface area contributed by atoms with E-state index in [1.165, 1.54) is 24.3 Å². The molecule has 25 heavy (non-hydrogen) atoms. The van der Waals surface area contributed by atoms with Crippen LogP contribution >= 0.6 is 0 Å². The first-order chi connectivity index (χ1) is 11.6. The molecule has 1 saturated carbocycles. The zero-order valence-corrected chi connectivity index (χ0v) is 12.9. The van der Waals surface area contributed by atoms with Crippen molar-refractivity contribution in [1.82, 2.24) is 0 Å². The molecule has 2 rings (SSSR count). The van der Waals surface area contributed by atoms with Gasteiger partial charge in [0.05, 0.1) is 6.10 Å². The number of phenolic OH excluding ortho intramolecular Hbond substituents is 2. The average molecular weight is 354 g/mol. The van der Waals surface area contributed by atoms with E-state index in [0.29, 0.717) is 5.56 Å². The zero-order valence-electron chi connectivity index (χ0n) is 12.9. The Labute approximate surface area is 142 Å². The minimum Gasteiger partial charge on any atom is -0.504 e. The van der Waals surface area contributed by atoms with Gasteiger partial charge in [-0.05, 0) is 23.8 Å². The van der Waals surface area contributed by atoms with Crippen LogP contribution in [-0.4, -0.2) is 66.5 Å². The first-order valence-corrected chi connectivity index (χ1v) is 7.35. The molecule has 0 saturated heterocycles. The monoisotopic (exact) mass is 354 g/mol. The largest absolute Gasteiger partial charge is 0.504 e. The molecule has 9 heteroatoms. The van der Waals surface area contributed by atoms with Crippen molar-refractivity contribution in [2.45, 2.75) is 36.8 Å². The highest BCUT2D eigenvalue weighted by Gasteiger charge is 2.50. The third kappa shape index (κ3) is 4.27. The number of carboxylic acids is 1. The van der Waals surface area contributed by atoms with E-state index < -0.39 is 48.7 Å². The van der Waals surface area contributed by atoms with E-state index in [0.717, 1.165) is 6.08 Å². The van der Waals surface area contributed by atoms with Crippen LogP contribution in [0.4, 0.5) is 0 Å². The number of hydrogen-bond acceptors (Lipinski definition) is 8. The van der Waals surface area contributed by atoms with E-state index in [-0.39, 0.29) is 11.5 Å². The zero-order chi connectivity index (χ0) is 18.8. The first-order valence-electron chi connectivity index (χ1n) is 7.35. The third-order valence-electron chi connectivity index (χ3n) is 3.94. The van der Waals surface area contributed by atoms with Crippen LogP contribution in [0.5, 0.6) is 11.5 Å². The lowest BCUT2D eigenvalue weighted by molar-refractivity contribution is -0.196. The molecule has 1 fully saturated rings. The normalized spacial score (nSPS) is 29.5. The fourth-order valence-corrected chi connectivity index (χ4v) is 2.53. The second-order valence-corrected chi connectivity index (χ2v) is 5.86. The molecule has 4 atom stereocenters. The van der Waals surface area contributed by atoms with Crippen LogP contribution in [0.2, 0.25) is 0 Å². The molecule has 0 amide bonds. The molecule has 0 unspecified atom stereocenters. The Bertz CT molecular complexity index is 699. The average Bonchev–Trinajstić information content (AvgIpc) is 2.53.